The number of allylic oxidation sites excluding steroid dienone is 4. The van der Waals surface area contributed by atoms with Crippen molar-refractivity contribution in [2.24, 2.45) is 5.92 Å². The minimum atomic E-state index is -0.592. The van der Waals surface area contributed by atoms with Crippen LogP contribution in [0.5, 0.6) is 0 Å². The van der Waals surface area contributed by atoms with Crippen LogP contribution in [0.1, 0.15) is 21.5 Å². The van der Waals surface area contributed by atoms with Gasteiger partial charge < -0.3 is 0 Å². The summed E-state index contributed by atoms with van der Waals surface area (Å²) in [6.07, 6.45) is 6.61. The Labute approximate surface area is 219 Å². The zero-order valence-electron chi connectivity index (χ0n) is 19.6. The van der Waals surface area contributed by atoms with Gasteiger partial charge in [-0.25, -0.2) is 0 Å². The Kier molecular flexibility index (Phi) is 4.44. The van der Waals surface area contributed by atoms with E-state index in [-0.39, 0.29) is 11.7 Å². The van der Waals surface area contributed by atoms with Crippen molar-refractivity contribution in [2.45, 2.75) is 12.8 Å². The molecule has 0 N–H and O–H groups in total. The summed E-state index contributed by atoms with van der Waals surface area (Å²) in [6, 6.07) is 32.4. The van der Waals surface area contributed by atoms with Crippen LogP contribution in [-0.2, 0) is 12.8 Å². The third-order valence-corrected chi connectivity index (χ3v) is 11.2. The van der Waals surface area contributed by atoms with Crippen molar-refractivity contribution in [3.63, 3.8) is 0 Å². The topological polar surface area (TPSA) is 22.0 Å². The molecule has 8 rings (SSSR count). The van der Waals surface area contributed by atoms with Gasteiger partial charge in [0.05, 0.1) is 0 Å². The summed E-state index contributed by atoms with van der Waals surface area (Å²) in [6.45, 7) is 0. The molecule has 1 aromatic heterocycles. The fourth-order valence-electron chi connectivity index (χ4n) is 6.13. The summed E-state index contributed by atoms with van der Waals surface area (Å²) in [7, 11) is 0. The van der Waals surface area contributed by atoms with E-state index in [4.69, 9.17) is 0 Å². The fraction of sp³-hybridized carbons (Fsp3) is 0.0909. The molecule has 3 aliphatic rings. The van der Waals surface area contributed by atoms with E-state index in [1.807, 2.05) is 0 Å². The van der Waals surface area contributed by atoms with Crippen molar-refractivity contribution in [2.75, 3.05) is 0 Å². The minimum absolute atomic E-state index is 0.0858. The zero-order chi connectivity index (χ0) is 23.8. The zero-order valence-corrected chi connectivity index (χ0v) is 21.9. The normalized spacial score (nSPS) is 18.1. The molecule has 1 unspecified atom stereocenters. The van der Waals surface area contributed by atoms with E-state index in [1.54, 1.807) is 0 Å². The Morgan fingerprint density at radius 2 is 1.36 bits per heavy atom. The summed E-state index contributed by atoms with van der Waals surface area (Å²) in [5.41, 5.74) is 9.96. The summed E-state index contributed by atoms with van der Waals surface area (Å²) >= 11 is -0.592. The van der Waals surface area contributed by atoms with Gasteiger partial charge in [0.2, 0.25) is 0 Å². The van der Waals surface area contributed by atoms with Crippen molar-refractivity contribution in [1.82, 2.24) is 4.57 Å². The number of nitrogens with zero attached hydrogens (tertiary/aromatic N) is 1. The molecule has 0 bridgehead atoms. The van der Waals surface area contributed by atoms with Crippen LogP contribution < -0.4 is 3.61 Å². The number of carbonyl (C=O) groups is 1. The van der Waals surface area contributed by atoms with Crippen LogP contribution in [-0.4, -0.2) is 34.4 Å². The predicted octanol–water partition coefficient (Wildman–Crippen LogP) is 5.76. The molecule has 0 saturated carbocycles. The SMILES string of the molecule is O=C1c2cc(-n3c4ccccc4c4ccccc43)ccc2[Te]=C2C=C3Cc4ccccc4CC3=CC12. The molecule has 1 atom stereocenters. The first-order valence-electron chi connectivity index (χ1n) is 12.4. The van der Waals surface area contributed by atoms with Crippen LogP contribution in [0.25, 0.3) is 27.5 Å². The number of aromatic nitrogens is 1. The van der Waals surface area contributed by atoms with Crippen LogP contribution in [0, 0.1) is 5.92 Å². The number of para-hydroxylation sites is 2. The Balaban J connectivity index is 1.27. The molecule has 171 valence electrons. The summed E-state index contributed by atoms with van der Waals surface area (Å²) in [5, 5.41) is 2.49. The van der Waals surface area contributed by atoms with Crippen LogP contribution in [0.3, 0.4) is 0 Å². The number of fused-ring (bicyclic) bond motifs is 7. The third-order valence-electron chi connectivity index (χ3n) is 7.86. The maximum absolute atomic E-state index is 13.9. The molecule has 3 heteroatoms. The number of rotatable bonds is 1. The number of Topliss-reactive ketones (excluding diaryl/α,β-unsaturated/α-hetero) is 1. The maximum atomic E-state index is 13.9. The molecule has 5 aromatic rings. The molecule has 4 aromatic carbocycles. The molecular formula is C33H22NOTe. The second kappa shape index (κ2) is 7.74. The number of carbonyl (C=O) groups excluding carboxylic acids is 1. The summed E-state index contributed by atoms with van der Waals surface area (Å²) in [4.78, 5) is 13.9. The third kappa shape index (κ3) is 2.97. The standard InChI is InChI=1S/C33H22NOTe/c35-33-27-17-22-15-20-7-1-2-8-21(20)16-23(22)18-32(27)36-31-14-13-24(19-28(31)33)34-29-11-5-3-9-25(29)26-10-4-6-12-30(26)34/h1-14,17-19,27H,15-16H2. The molecule has 1 aliphatic heterocycles. The van der Waals surface area contributed by atoms with Gasteiger partial charge in [-0.05, 0) is 0 Å². The molecule has 0 amide bonds. The van der Waals surface area contributed by atoms with Crippen molar-refractivity contribution in [3.8, 4) is 5.69 Å². The van der Waals surface area contributed by atoms with Gasteiger partial charge in [0.1, 0.15) is 0 Å². The average molecular weight is 576 g/mol. The number of hydrogen-bond donors (Lipinski definition) is 0. The van der Waals surface area contributed by atoms with Crippen molar-refractivity contribution < 1.29 is 4.79 Å². The van der Waals surface area contributed by atoms with Gasteiger partial charge >= 0.3 is 220 Å². The Morgan fingerprint density at radius 1 is 0.722 bits per heavy atom. The van der Waals surface area contributed by atoms with Gasteiger partial charge in [0.25, 0.3) is 0 Å². The molecule has 0 spiro atoms. The van der Waals surface area contributed by atoms with Gasteiger partial charge in [0.15, 0.2) is 0 Å². The van der Waals surface area contributed by atoms with Crippen LogP contribution in [0.4, 0.5) is 0 Å². The van der Waals surface area contributed by atoms with Crippen molar-refractivity contribution in [1.29, 1.82) is 0 Å². The number of benzene rings is 4. The Bertz CT molecular complexity index is 1810. The second-order valence-corrected chi connectivity index (χ2v) is 13.1. The molecular weight excluding hydrogens is 554 g/mol. The molecule has 2 aliphatic carbocycles. The monoisotopic (exact) mass is 578 g/mol. The summed E-state index contributed by atoms with van der Waals surface area (Å²) < 4.78 is 4.96. The Hall–Kier alpha value is -3.51. The first-order chi connectivity index (χ1) is 17.7. The second-order valence-electron chi connectivity index (χ2n) is 9.88. The molecule has 36 heavy (non-hydrogen) atoms. The molecule has 2 nitrogen and oxygen atoms in total. The van der Waals surface area contributed by atoms with Crippen molar-refractivity contribution >= 4 is 55.2 Å². The van der Waals surface area contributed by atoms with E-state index in [0.29, 0.717) is 0 Å². The molecule has 0 saturated heterocycles. The quantitative estimate of drug-likeness (QED) is 0.233. The van der Waals surface area contributed by atoms with Crippen molar-refractivity contribution in [3.05, 3.63) is 131 Å². The van der Waals surface area contributed by atoms with E-state index < -0.39 is 20.5 Å². The number of ketones is 1. The van der Waals surface area contributed by atoms with Gasteiger partial charge in [-0.1, -0.05) is 0 Å². The van der Waals surface area contributed by atoms with E-state index in [0.717, 1.165) is 24.1 Å². The summed E-state index contributed by atoms with van der Waals surface area (Å²) in [5.74, 6) is 0.179. The first kappa shape index (κ1) is 20.7. The van der Waals surface area contributed by atoms with E-state index >= 15 is 0 Å². The number of hydrogen-bond acceptors (Lipinski definition) is 1. The molecule has 1 radical (unpaired) electrons. The van der Waals surface area contributed by atoms with E-state index in [1.165, 1.54) is 51.2 Å². The van der Waals surface area contributed by atoms with Gasteiger partial charge in [-0.15, -0.1) is 0 Å². The van der Waals surface area contributed by atoms with Gasteiger partial charge in [0, 0.05) is 0 Å². The van der Waals surface area contributed by atoms with Gasteiger partial charge in [-0.2, -0.15) is 0 Å². The van der Waals surface area contributed by atoms with Crippen LogP contribution >= 0.6 is 0 Å². The molecule has 2 heterocycles. The van der Waals surface area contributed by atoms with Crippen LogP contribution in [0.15, 0.2) is 114 Å². The van der Waals surface area contributed by atoms with E-state index in [2.05, 4.69) is 108 Å². The molecule has 0 fully saturated rings. The Morgan fingerprint density at radius 3 is 2.08 bits per heavy atom. The fourth-order valence-corrected chi connectivity index (χ4v) is 9.44. The predicted molar refractivity (Wildman–Crippen MR) is 149 cm³/mol. The van der Waals surface area contributed by atoms with Gasteiger partial charge in [-0.3, -0.25) is 0 Å². The van der Waals surface area contributed by atoms with E-state index in [9.17, 15) is 4.79 Å². The first-order valence-corrected chi connectivity index (χ1v) is 14.8. The van der Waals surface area contributed by atoms with Crippen LogP contribution in [0.2, 0.25) is 0 Å². The average Bonchev–Trinajstić information content (AvgIpc) is 3.26.